The van der Waals surface area contributed by atoms with E-state index in [1.165, 1.54) is 12.8 Å². The fraction of sp³-hybridized carbons (Fsp3) is 0.800. The monoisotopic (exact) mass is 328 g/mol. The molecule has 2 N–H and O–H groups in total. The molecule has 1 aliphatic carbocycles. The van der Waals surface area contributed by atoms with Crippen molar-refractivity contribution < 1.29 is 18.4 Å². The highest BCUT2D eigenvalue weighted by atomic mass is 19.3. The summed E-state index contributed by atoms with van der Waals surface area (Å²) in [4.78, 5) is 25.7. The first-order chi connectivity index (χ1) is 10.7. The molecule has 0 unspecified atom stereocenters. The third-order valence-corrected chi connectivity index (χ3v) is 4.59. The summed E-state index contributed by atoms with van der Waals surface area (Å²) in [6, 6.07) is -0.146. The molecule has 1 atom stereocenters. The molecule has 1 aliphatic heterocycles. The SMILES string of the molecule is CC(F)(F)C[C@H](NC(=O)N1CCC2(CC1)CC2)C(=O)NCC#N. The fourth-order valence-electron chi connectivity index (χ4n) is 2.92. The molecule has 2 rings (SSSR count). The summed E-state index contributed by atoms with van der Waals surface area (Å²) in [5, 5.41) is 13.1. The van der Waals surface area contributed by atoms with E-state index in [4.69, 9.17) is 5.26 Å². The van der Waals surface area contributed by atoms with E-state index in [9.17, 15) is 18.4 Å². The second-order valence-electron chi connectivity index (χ2n) is 6.64. The number of piperidine rings is 1. The number of nitrogens with zero attached hydrogens (tertiary/aromatic N) is 2. The molecule has 1 saturated carbocycles. The van der Waals surface area contributed by atoms with Gasteiger partial charge in [0.05, 0.1) is 6.07 Å². The van der Waals surface area contributed by atoms with Crippen molar-refractivity contribution >= 4 is 11.9 Å². The van der Waals surface area contributed by atoms with E-state index in [1.54, 1.807) is 11.0 Å². The molecule has 0 bridgehead atoms. The van der Waals surface area contributed by atoms with Crippen molar-refractivity contribution in [3.8, 4) is 6.07 Å². The Hall–Kier alpha value is -1.91. The minimum absolute atomic E-state index is 0.285. The smallest absolute Gasteiger partial charge is 0.318 e. The summed E-state index contributed by atoms with van der Waals surface area (Å²) < 4.78 is 26.5. The summed E-state index contributed by atoms with van der Waals surface area (Å²) >= 11 is 0. The second-order valence-corrected chi connectivity index (χ2v) is 6.64. The van der Waals surface area contributed by atoms with Crippen LogP contribution in [0, 0.1) is 16.7 Å². The van der Waals surface area contributed by atoms with Crippen molar-refractivity contribution in [2.45, 2.75) is 51.0 Å². The summed E-state index contributed by atoms with van der Waals surface area (Å²) in [5.74, 6) is -3.86. The van der Waals surface area contributed by atoms with Crippen LogP contribution in [0.1, 0.15) is 39.0 Å². The Kier molecular flexibility index (Phi) is 5.07. The van der Waals surface area contributed by atoms with E-state index in [-0.39, 0.29) is 6.54 Å². The van der Waals surface area contributed by atoms with E-state index in [2.05, 4.69) is 10.6 Å². The number of carbonyl (C=O) groups excluding carboxylic acids is 2. The predicted molar refractivity (Wildman–Crippen MR) is 78.7 cm³/mol. The number of hydrogen-bond acceptors (Lipinski definition) is 3. The maximum atomic E-state index is 13.2. The molecule has 1 saturated heterocycles. The molecule has 23 heavy (non-hydrogen) atoms. The molecule has 128 valence electrons. The van der Waals surface area contributed by atoms with Crippen LogP contribution in [0.25, 0.3) is 0 Å². The minimum Gasteiger partial charge on any atom is -0.341 e. The van der Waals surface area contributed by atoms with Gasteiger partial charge in [-0.1, -0.05) is 0 Å². The molecule has 0 aromatic heterocycles. The number of likely N-dealkylation sites (tertiary alicyclic amines) is 1. The molecule has 1 spiro atoms. The molecule has 8 heteroatoms. The number of amides is 3. The van der Waals surface area contributed by atoms with Gasteiger partial charge in [-0.25, -0.2) is 13.6 Å². The number of rotatable bonds is 5. The lowest BCUT2D eigenvalue weighted by Gasteiger charge is -2.33. The van der Waals surface area contributed by atoms with Crippen molar-refractivity contribution in [2.24, 2.45) is 5.41 Å². The van der Waals surface area contributed by atoms with Crippen LogP contribution in [0.5, 0.6) is 0 Å². The fourth-order valence-corrected chi connectivity index (χ4v) is 2.92. The van der Waals surface area contributed by atoms with E-state index in [0.717, 1.165) is 12.8 Å². The Morgan fingerprint density at radius 3 is 2.39 bits per heavy atom. The molecule has 3 amide bonds. The summed E-state index contributed by atoms with van der Waals surface area (Å²) in [6.07, 6.45) is 3.45. The van der Waals surface area contributed by atoms with Crippen LogP contribution < -0.4 is 10.6 Å². The van der Waals surface area contributed by atoms with Crippen molar-refractivity contribution in [2.75, 3.05) is 19.6 Å². The third kappa shape index (κ3) is 5.05. The first-order valence-corrected chi connectivity index (χ1v) is 7.83. The maximum Gasteiger partial charge on any atom is 0.318 e. The van der Waals surface area contributed by atoms with Crippen LogP contribution in [0.4, 0.5) is 13.6 Å². The summed E-state index contributed by atoms with van der Waals surface area (Å²) in [7, 11) is 0. The Bertz CT molecular complexity index is 499. The van der Waals surface area contributed by atoms with Gasteiger partial charge in [-0.15, -0.1) is 0 Å². The van der Waals surface area contributed by atoms with Crippen LogP contribution in [0.2, 0.25) is 0 Å². The van der Waals surface area contributed by atoms with Crippen LogP contribution in [0.15, 0.2) is 0 Å². The maximum absolute atomic E-state index is 13.2. The summed E-state index contributed by atoms with van der Waals surface area (Å²) in [5.41, 5.74) is 0.400. The topological polar surface area (TPSA) is 85.2 Å². The number of carbonyl (C=O) groups is 2. The van der Waals surface area contributed by atoms with E-state index < -0.39 is 30.3 Å². The normalized spacial score (nSPS) is 20.5. The van der Waals surface area contributed by atoms with Gasteiger partial charge in [0.2, 0.25) is 11.8 Å². The average Bonchev–Trinajstić information content (AvgIpc) is 3.22. The molecule has 0 aromatic carbocycles. The molecular formula is C15H22F2N4O2. The van der Waals surface area contributed by atoms with E-state index in [0.29, 0.717) is 25.4 Å². The van der Waals surface area contributed by atoms with Crippen molar-refractivity contribution in [1.82, 2.24) is 15.5 Å². The second kappa shape index (κ2) is 6.69. The van der Waals surface area contributed by atoms with Gasteiger partial charge in [0.1, 0.15) is 12.6 Å². The quantitative estimate of drug-likeness (QED) is 0.752. The van der Waals surface area contributed by atoms with E-state index in [1.807, 2.05) is 0 Å². The highest BCUT2D eigenvalue weighted by molar-refractivity contribution is 5.87. The number of urea groups is 1. The predicted octanol–water partition coefficient (Wildman–Crippen LogP) is 1.63. The highest BCUT2D eigenvalue weighted by Crippen LogP contribution is 2.53. The lowest BCUT2D eigenvalue weighted by atomic mass is 9.94. The van der Waals surface area contributed by atoms with Crippen LogP contribution in [-0.2, 0) is 4.79 Å². The number of alkyl halides is 2. The van der Waals surface area contributed by atoms with Gasteiger partial charge in [0.25, 0.3) is 0 Å². The van der Waals surface area contributed by atoms with Gasteiger partial charge in [-0.2, -0.15) is 5.26 Å². The Balaban J connectivity index is 1.91. The largest absolute Gasteiger partial charge is 0.341 e. The minimum atomic E-state index is -3.10. The lowest BCUT2D eigenvalue weighted by Crippen LogP contribution is -2.54. The molecular weight excluding hydrogens is 306 g/mol. The van der Waals surface area contributed by atoms with Gasteiger partial charge < -0.3 is 15.5 Å². The molecule has 0 aromatic rings. The zero-order valence-electron chi connectivity index (χ0n) is 13.2. The van der Waals surface area contributed by atoms with Crippen LogP contribution in [-0.4, -0.2) is 48.4 Å². The van der Waals surface area contributed by atoms with Crippen molar-refractivity contribution in [3.05, 3.63) is 0 Å². The molecule has 2 fully saturated rings. The number of nitrogens with one attached hydrogen (secondary N) is 2. The van der Waals surface area contributed by atoms with Crippen LogP contribution >= 0.6 is 0 Å². The number of hydrogen-bond donors (Lipinski definition) is 2. The zero-order valence-corrected chi connectivity index (χ0v) is 13.2. The van der Waals surface area contributed by atoms with Gasteiger partial charge in [0.15, 0.2) is 0 Å². The standard InChI is InChI=1S/C15H22F2N4O2/c1-14(16,17)10-11(12(22)19-7-6-18)20-13(23)21-8-4-15(2-3-15)5-9-21/h11H,2-5,7-10H2,1H3,(H,19,22)(H,20,23)/t11-/m0/s1. The Morgan fingerprint density at radius 2 is 1.91 bits per heavy atom. The van der Waals surface area contributed by atoms with Gasteiger partial charge in [-0.05, 0) is 38.0 Å². The van der Waals surface area contributed by atoms with Crippen LogP contribution in [0.3, 0.4) is 0 Å². The highest BCUT2D eigenvalue weighted by Gasteiger charge is 2.45. The average molecular weight is 328 g/mol. The first kappa shape index (κ1) is 17.4. The molecule has 1 heterocycles. The Labute approximate surface area is 134 Å². The lowest BCUT2D eigenvalue weighted by molar-refractivity contribution is -0.125. The van der Waals surface area contributed by atoms with Gasteiger partial charge in [0, 0.05) is 19.5 Å². The van der Waals surface area contributed by atoms with Crippen molar-refractivity contribution in [1.29, 1.82) is 5.26 Å². The third-order valence-electron chi connectivity index (χ3n) is 4.59. The Morgan fingerprint density at radius 1 is 1.30 bits per heavy atom. The molecule has 2 aliphatic rings. The number of halogens is 2. The van der Waals surface area contributed by atoms with Crippen molar-refractivity contribution in [3.63, 3.8) is 0 Å². The van der Waals surface area contributed by atoms with Gasteiger partial charge in [-0.3, -0.25) is 4.79 Å². The first-order valence-electron chi connectivity index (χ1n) is 7.83. The van der Waals surface area contributed by atoms with Gasteiger partial charge >= 0.3 is 6.03 Å². The number of nitriles is 1. The molecule has 0 radical (unpaired) electrons. The zero-order chi connectivity index (χ0) is 17.1. The van der Waals surface area contributed by atoms with E-state index >= 15 is 0 Å². The summed E-state index contributed by atoms with van der Waals surface area (Å²) in [6.45, 7) is 1.58. The molecule has 6 nitrogen and oxygen atoms in total.